The van der Waals surface area contributed by atoms with Crippen molar-refractivity contribution >= 4 is 41.5 Å². The molecule has 7 N–H and O–H groups in total. The fourth-order valence-electron chi connectivity index (χ4n) is 8.10. The van der Waals surface area contributed by atoms with E-state index < -0.39 is 97.1 Å². The van der Waals surface area contributed by atoms with Crippen molar-refractivity contribution in [3.63, 3.8) is 0 Å². The van der Waals surface area contributed by atoms with Gasteiger partial charge in [-0.25, -0.2) is 0 Å². The third-order valence-corrected chi connectivity index (χ3v) is 12.3. The van der Waals surface area contributed by atoms with Crippen LogP contribution >= 0.6 is 0 Å². The van der Waals surface area contributed by atoms with Crippen molar-refractivity contribution < 1.29 is 67.5 Å². The second-order valence-corrected chi connectivity index (χ2v) is 18.4. The van der Waals surface area contributed by atoms with E-state index in [1.54, 1.807) is 0 Å². The smallest absolute Gasteiger partial charge is 0.309 e. The first-order valence-electron chi connectivity index (χ1n) is 25.8. The van der Waals surface area contributed by atoms with E-state index in [1.165, 1.54) is 118 Å². The second-order valence-electron chi connectivity index (χ2n) is 18.4. The summed E-state index contributed by atoms with van der Waals surface area (Å²) < 4.78 is 27.4. The van der Waals surface area contributed by atoms with Crippen molar-refractivity contribution in [3.05, 3.63) is 0 Å². The topological polar surface area (TPSA) is 268 Å². The SMILES string of the molecule is CCCCCCCCCCCCCC(=O)O[C@H](CCCCCCCCCCCCC)CC(=O)OC[C@H]1OC(O)[C@H](NC(C)=O)[C@H](OC(C)C(=O)N[C@@H](C)C(=O)N[C@H](CCC(=O)OC)C(N)=O)[C@@H]1O. The molecule has 68 heavy (non-hydrogen) atoms. The number of carbonyl (C=O) groups is 7. The van der Waals surface area contributed by atoms with Crippen molar-refractivity contribution in [3.8, 4) is 0 Å². The van der Waals surface area contributed by atoms with Gasteiger partial charge in [0.05, 0.1) is 13.5 Å². The van der Waals surface area contributed by atoms with Crippen LogP contribution in [-0.2, 0) is 57.2 Å². The second kappa shape index (κ2) is 38.0. The van der Waals surface area contributed by atoms with Gasteiger partial charge in [-0.15, -0.1) is 0 Å². The fraction of sp³-hybridized carbons (Fsp3) is 0.860. The number of esters is 3. The summed E-state index contributed by atoms with van der Waals surface area (Å²) in [4.78, 5) is 87.9. The maximum atomic E-state index is 13.3. The molecule has 0 saturated carbocycles. The van der Waals surface area contributed by atoms with E-state index >= 15 is 0 Å². The number of unbranched alkanes of at least 4 members (excludes halogenated alkanes) is 20. The maximum Gasteiger partial charge on any atom is 0.309 e. The van der Waals surface area contributed by atoms with Gasteiger partial charge < -0.3 is 55.6 Å². The number of nitrogens with two attached hydrogens (primary N) is 1. The zero-order valence-electron chi connectivity index (χ0n) is 42.4. The third kappa shape index (κ3) is 28.6. The molecule has 0 aromatic heterocycles. The van der Waals surface area contributed by atoms with Gasteiger partial charge in [-0.1, -0.05) is 142 Å². The molecule has 0 bridgehead atoms. The highest BCUT2D eigenvalue weighted by atomic mass is 16.6. The summed E-state index contributed by atoms with van der Waals surface area (Å²) in [6.45, 7) is 7.70. The van der Waals surface area contributed by atoms with Crippen LogP contribution in [0.25, 0.3) is 0 Å². The lowest BCUT2D eigenvalue weighted by Crippen LogP contribution is -2.66. The van der Waals surface area contributed by atoms with Gasteiger partial charge in [0.15, 0.2) is 6.29 Å². The molecule has 1 heterocycles. The average molecular weight is 971 g/mol. The van der Waals surface area contributed by atoms with Gasteiger partial charge in [-0.05, 0) is 39.5 Å². The Labute approximate surface area is 406 Å². The van der Waals surface area contributed by atoms with Gasteiger partial charge in [-0.2, -0.15) is 0 Å². The molecule has 1 aliphatic rings. The molecular weight excluding hydrogens is 881 g/mol. The summed E-state index contributed by atoms with van der Waals surface area (Å²) in [6.07, 6.45) is 17.1. The van der Waals surface area contributed by atoms with Crippen LogP contribution in [0.3, 0.4) is 0 Å². The summed E-state index contributed by atoms with van der Waals surface area (Å²) in [5, 5.41) is 29.6. The number of ether oxygens (including phenoxy) is 5. The molecule has 2 unspecified atom stereocenters. The minimum absolute atomic E-state index is 0.133. The van der Waals surface area contributed by atoms with E-state index in [-0.39, 0.29) is 31.7 Å². The van der Waals surface area contributed by atoms with Gasteiger partial charge in [-0.3, -0.25) is 33.6 Å². The monoisotopic (exact) mass is 971 g/mol. The number of methoxy groups -OCH3 is 1. The maximum absolute atomic E-state index is 13.3. The standard InChI is InChI=1S/C50H90N4O14/c1-7-9-11-13-15-17-19-21-23-25-27-29-38(67-42(57)30-28-26-24-22-20-18-16-14-12-10-8-2)33-43(58)65-34-40-45(59)46(44(50(63)68-40)53-37(5)55)66-36(4)49(62)52-35(3)48(61)54-39(47(51)60)31-32-41(56)64-6/h35-36,38-40,44-46,50,59,63H,7-34H2,1-6H3,(H2,51,60)(H,52,62)(H,53,55)(H,54,61)/t35-,36?,38+,39+,40+,44+,45+,46-,50?/m0/s1. The van der Waals surface area contributed by atoms with E-state index in [0.717, 1.165) is 44.9 Å². The molecule has 0 aromatic carbocycles. The highest BCUT2D eigenvalue weighted by Gasteiger charge is 2.47. The Morgan fingerprint density at radius 3 is 1.66 bits per heavy atom. The number of carbonyl (C=O) groups excluding carboxylic acids is 7. The van der Waals surface area contributed by atoms with Crippen molar-refractivity contribution in [2.75, 3.05) is 13.7 Å². The van der Waals surface area contributed by atoms with E-state index in [0.29, 0.717) is 12.8 Å². The molecule has 0 aromatic rings. The quantitative estimate of drug-likeness (QED) is 0.0233. The molecule has 394 valence electrons. The predicted octanol–water partition coefficient (Wildman–Crippen LogP) is 6.02. The van der Waals surface area contributed by atoms with Gasteiger partial charge in [0.1, 0.15) is 55.3 Å². The Morgan fingerprint density at radius 2 is 1.16 bits per heavy atom. The van der Waals surface area contributed by atoms with Gasteiger partial charge in [0, 0.05) is 19.8 Å². The number of nitrogens with one attached hydrogen (secondary N) is 3. The van der Waals surface area contributed by atoms with Gasteiger partial charge in [0.25, 0.3) is 0 Å². The van der Waals surface area contributed by atoms with Crippen LogP contribution in [0.4, 0.5) is 0 Å². The number of aliphatic hydroxyl groups excluding tert-OH is 2. The van der Waals surface area contributed by atoms with E-state index in [1.807, 2.05) is 0 Å². The Kier molecular flexibility index (Phi) is 34.7. The number of amides is 4. The molecule has 0 spiro atoms. The summed E-state index contributed by atoms with van der Waals surface area (Å²) in [5.74, 6) is -4.82. The lowest BCUT2D eigenvalue weighted by atomic mass is 9.96. The minimum Gasteiger partial charge on any atom is -0.469 e. The van der Waals surface area contributed by atoms with Gasteiger partial charge in [0.2, 0.25) is 23.6 Å². The minimum atomic E-state index is -1.77. The van der Waals surface area contributed by atoms with Crippen LogP contribution in [0, 0.1) is 0 Å². The first kappa shape index (κ1) is 62.1. The molecule has 1 saturated heterocycles. The first-order chi connectivity index (χ1) is 32.5. The molecule has 4 amide bonds. The van der Waals surface area contributed by atoms with Crippen LogP contribution < -0.4 is 21.7 Å². The molecule has 0 radical (unpaired) electrons. The highest BCUT2D eigenvalue weighted by Crippen LogP contribution is 2.25. The average Bonchev–Trinajstić information content (AvgIpc) is 3.29. The third-order valence-electron chi connectivity index (χ3n) is 12.3. The zero-order valence-corrected chi connectivity index (χ0v) is 42.4. The van der Waals surface area contributed by atoms with Crippen molar-refractivity contribution in [1.29, 1.82) is 0 Å². The lowest BCUT2D eigenvalue weighted by molar-refractivity contribution is -0.267. The molecule has 9 atom stereocenters. The van der Waals surface area contributed by atoms with Crippen LogP contribution in [0.1, 0.15) is 208 Å². The molecule has 1 fully saturated rings. The van der Waals surface area contributed by atoms with E-state index in [9.17, 15) is 43.8 Å². The van der Waals surface area contributed by atoms with Crippen molar-refractivity contribution in [2.24, 2.45) is 5.73 Å². The first-order valence-corrected chi connectivity index (χ1v) is 25.8. The lowest BCUT2D eigenvalue weighted by Gasteiger charge is -2.43. The number of aliphatic hydroxyl groups is 2. The largest absolute Gasteiger partial charge is 0.469 e. The molecule has 18 heteroatoms. The summed E-state index contributed by atoms with van der Waals surface area (Å²) in [6, 6.07) is -3.82. The number of hydrogen-bond acceptors (Lipinski definition) is 14. The summed E-state index contributed by atoms with van der Waals surface area (Å²) in [5.41, 5.74) is 5.37. The Bertz CT molecular complexity index is 1450. The van der Waals surface area contributed by atoms with Crippen LogP contribution in [0.5, 0.6) is 0 Å². The molecule has 1 rings (SSSR count). The summed E-state index contributed by atoms with van der Waals surface area (Å²) >= 11 is 0. The highest BCUT2D eigenvalue weighted by molar-refractivity contribution is 5.92. The fourth-order valence-corrected chi connectivity index (χ4v) is 8.10. The van der Waals surface area contributed by atoms with E-state index in [2.05, 4.69) is 34.5 Å². The zero-order chi connectivity index (χ0) is 50.7. The number of rotatable bonds is 40. The Balaban J connectivity index is 2.87. The molecule has 18 nitrogen and oxygen atoms in total. The van der Waals surface area contributed by atoms with Crippen molar-refractivity contribution in [2.45, 2.75) is 263 Å². The van der Waals surface area contributed by atoms with E-state index in [4.69, 9.17) is 24.7 Å². The van der Waals surface area contributed by atoms with Crippen LogP contribution in [0.2, 0.25) is 0 Å². The van der Waals surface area contributed by atoms with Crippen LogP contribution in [0.15, 0.2) is 0 Å². The predicted molar refractivity (Wildman–Crippen MR) is 256 cm³/mol. The molecular formula is C50H90N4O14. The van der Waals surface area contributed by atoms with Crippen LogP contribution in [-0.4, -0.2) is 120 Å². The van der Waals surface area contributed by atoms with Gasteiger partial charge >= 0.3 is 17.9 Å². The number of hydrogen-bond donors (Lipinski definition) is 6. The summed E-state index contributed by atoms with van der Waals surface area (Å²) in [7, 11) is 1.17. The Hall–Kier alpha value is -3.87. The Morgan fingerprint density at radius 1 is 0.647 bits per heavy atom. The normalized spacial score (nSPS) is 19.7. The molecule has 1 aliphatic heterocycles. The number of primary amides is 1. The van der Waals surface area contributed by atoms with Crippen molar-refractivity contribution in [1.82, 2.24) is 16.0 Å². The molecule has 0 aliphatic carbocycles.